The average Bonchev–Trinajstić information content (AvgIpc) is 2.90. The molecule has 6 nitrogen and oxygen atoms in total. The van der Waals surface area contributed by atoms with Crippen LogP contribution < -0.4 is 10.6 Å². The Kier molecular flexibility index (Phi) is 4.22. The fourth-order valence-corrected chi connectivity index (χ4v) is 3.22. The van der Waals surface area contributed by atoms with E-state index in [-0.39, 0.29) is 17.2 Å². The van der Waals surface area contributed by atoms with Gasteiger partial charge in [-0.1, -0.05) is 25.4 Å². The molecule has 1 saturated heterocycles. The van der Waals surface area contributed by atoms with Gasteiger partial charge in [-0.2, -0.15) is 0 Å². The summed E-state index contributed by atoms with van der Waals surface area (Å²) in [6.45, 7) is 4.80. The van der Waals surface area contributed by atoms with Crippen molar-refractivity contribution < 1.29 is 19.1 Å². The average molecular weight is 387 g/mol. The smallest absolute Gasteiger partial charge is 0.289 e. The largest absolute Gasteiger partial charge is 0.338 e. The predicted molar refractivity (Wildman–Crippen MR) is 102 cm³/mol. The molecule has 7 heteroatoms. The van der Waals surface area contributed by atoms with E-state index in [1.54, 1.807) is 42.5 Å². The summed E-state index contributed by atoms with van der Waals surface area (Å²) in [5.74, 6) is -2.09. The second-order valence-corrected chi connectivity index (χ2v) is 7.97. The van der Waals surface area contributed by atoms with Gasteiger partial charge in [-0.15, -0.1) is 0 Å². The van der Waals surface area contributed by atoms with Gasteiger partial charge in [0.25, 0.3) is 17.6 Å². The molecule has 2 aliphatic rings. The van der Waals surface area contributed by atoms with Crippen LogP contribution >= 0.6 is 11.6 Å². The Hall–Kier alpha value is -2.41. The number of ether oxygens (including phenoxy) is 2. The molecule has 0 saturated carbocycles. The van der Waals surface area contributed by atoms with E-state index in [1.165, 1.54) is 0 Å². The Balaban J connectivity index is 1.61. The Bertz CT molecular complexity index is 914. The van der Waals surface area contributed by atoms with Crippen molar-refractivity contribution in [2.24, 2.45) is 5.41 Å². The van der Waals surface area contributed by atoms with Crippen LogP contribution in [-0.4, -0.2) is 25.0 Å². The van der Waals surface area contributed by atoms with E-state index in [0.717, 1.165) is 0 Å². The van der Waals surface area contributed by atoms with Crippen LogP contribution in [0, 0.1) is 5.41 Å². The van der Waals surface area contributed by atoms with E-state index in [2.05, 4.69) is 10.6 Å². The Morgan fingerprint density at radius 3 is 2.44 bits per heavy atom. The summed E-state index contributed by atoms with van der Waals surface area (Å²) < 4.78 is 11.8. The highest BCUT2D eigenvalue weighted by molar-refractivity contribution is 6.30. The predicted octanol–water partition coefficient (Wildman–Crippen LogP) is 3.77. The van der Waals surface area contributed by atoms with Gasteiger partial charge in [0.2, 0.25) is 0 Å². The molecule has 140 valence electrons. The number of benzene rings is 2. The third kappa shape index (κ3) is 3.20. The molecule has 0 bridgehead atoms. The first-order chi connectivity index (χ1) is 12.8. The molecule has 0 aliphatic carbocycles. The third-order valence-corrected chi connectivity index (χ3v) is 4.87. The van der Waals surface area contributed by atoms with Crippen LogP contribution in [0.25, 0.3) is 0 Å². The fraction of sp³-hybridized carbons (Fsp3) is 0.300. The Labute approximate surface area is 161 Å². The zero-order valence-electron chi connectivity index (χ0n) is 15.0. The number of fused-ring (bicyclic) bond motifs is 2. The van der Waals surface area contributed by atoms with E-state index in [4.69, 9.17) is 21.1 Å². The summed E-state index contributed by atoms with van der Waals surface area (Å²) in [6, 6.07) is 11.8. The van der Waals surface area contributed by atoms with Crippen molar-refractivity contribution in [3.63, 3.8) is 0 Å². The maximum Gasteiger partial charge on any atom is 0.289 e. The van der Waals surface area contributed by atoms with E-state index >= 15 is 0 Å². The van der Waals surface area contributed by atoms with Gasteiger partial charge in [0.05, 0.1) is 18.9 Å². The molecule has 2 aromatic rings. The van der Waals surface area contributed by atoms with E-state index < -0.39 is 5.79 Å². The number of hydrogen-bond donors (Lipinski definition) is 2. The molecule has 4 rings (SSSR count). The highest BCUT2D eigenvalue weighted by Crippen LogP contribution is 2.45. The molecule has 0 radical (unpaired) electrons. The maximum atomic E-state index is 12.5. The van der Waals surface area contributed by atoms with Gasteiger partial charge in [0, 0.05) is 27.3 Å². The lowest BCUT2D eigenvalue weighted by Gasteiger charge is -2.39. The van der Waals surface area contributed by atoms with E-state index in [0.29, 0.717) is 40.7 Å². The molecule has 0 unspecified atom stereocenters. The molecule has 2 heterocycles. The molecule has 27 heavy (non-hydrogen) atoms. The Morgan fingerprint density at radius 2 is 1.78 bits per heavy atom. The van der Waals surface area contributed by atoms with Crippen molar-refractivity contribution in [2.45, 2.75) is 19.6 Å². The van der Waals surface area contributed by atoms with Crippen molar-refractivity contribution in [3.8, 4) is 0 Å². The first-order valence-electron chi connectivity index (χ1n) is 8.60. The summed E-state index contributed by atoms with van der Waals surface area (Å²) in [6.07, 6.45) is 0. The van der Waals surface area contributed by atoms with E-state index in [9.17, 15) is 9.59 Å². The highest BCUT2D eigenvalue weighted by atomic mass is 35.5. The highest BCUT2D eigenvalue weighted by Gasteiger charge is 2.53. The Morgan fingerprint density at radius 1 is 1.11 bits per heavy atom. The number of halogens is 1. The van der Waals surface area contributed by atoms with Gasteiger partial charge in [-0.3, -0.25) is 9.59 Å². The van der Waals surface area contributed by atoms with Crippen LogP contribution in [0.2, 0.25) is 5.02 Å². The van der Waals surface area contributed by atoms with Gasteiger partial charge in [0.1, 0.15) is 0 Å². The minimum atomic E-state index is -1.47. The van der Waals surface area contributed by atoms with Gasteiger partial charge < -0.3 is 20.1 Å². The lowest BCUT2D eigenvalue weighted by molar-refractivity contribution is -0.285. The molecule has 1 spiro atoms. The van der Waals surface area contributed by atoms with Crippen LogP contribution in [0.4, 0.5) is 11.4 Å². The number of carbonyl (C=O) groups excluding carboxylic acids is 2. The van der Waals surface area contributed by atoms with Gasteiger partial charge in [-0.25, -0.2) is 0 Å². The lowest BCUT2D eigenvalue weighted by atomic mass is 9.93. The fourth-order valence-electron chi connectivity index (χ4n) is 3.10. The van der Waals surface area contributed by atoms with Crippen LogP contribution in [0.3, 0.4) is 0 Å². The maximum absolute atomic E-state index is 12.5. The third-order valence-electron chi connectivity index (χ3n) is 4.62. The van der Waals surface area contributed by atoms with Crippen molar-refractivity contribution in [1.82, 2.24) is 0 Å². The summed E-state index contributed by atoms with van der Waals surface area (Å²) in [5.41, 5.74) is 2.03. The standard InChI is InChI=1S/C20H19ClN2O4/c1-19(2)10-26-20(27-11-19)15-9-14(7-8-16(15)23-18(20)25)22-17(24)12-3-5-13(21)6-4-12/h3-9H,10-11H2,1-2H3,(H,22,24)(H,23,25). The van der Waals surface area contributed by atoms with Gasteiger partial charge >= 0.3 is 0 Å². The first-order valence-corrected chi connectivity index (χ1v) is 8.98. The first kappa shape index (κ1) is 18.0. The zero-order chi connectivity index (χ0) is 19.2. The molecule has 2 aliphatic heterocycles. The number of anilines is 2. The van der Waals surface area contributed by atoms with Crippen LogP contribution in [0.1, 0.15) is 29.8 Å². The van der Waals surface area contributed by atoms with Crippen molar-refractivity contribution in [1.29, 1.82) is 0 Å². The van der Waals surface area contributed by atoms with Crippen molar-refractivity contribution >= 4 is 34.8 Å². The van der Waals surface area contributed by atoms with Crippen LogP contribution in [-0.2, 0) is 20.1 Å². The number of nitrogens with one attached hydrogen (secondary N) is 2. The van der Waals surface area contributed by atoms with Crippen molar-refractivity contribution in [2.75, 3.05) is 23.8 Å². The number of rotatable bonds is 2. The molecule has 0 atom stereocenters. The topological polar surface area (TPSA) is 76.7 Å². The lowest BCUT2D eigenvalue weighted by Crippen LogP contribution is -2.49. The second kappa shape index (κ2) is 6.34. The van der Waals surface area contributed by atoms with Crippen LogP contribution in [0.15, 0.2) is 42.5 Å². The van der Waals surface area contributed by atoms with E-state index in [1.807, 2.05) is 13.8 Å². The molecule has 2 aromatic carbocycles. The minimum absolute atomic E-state index is 0.172. The monoisotopic (exact) mass is 386 g/mol. The molecule has 2 amide bonds. The SMILES string of the molecule is CC1(C)COC2(OC1)C(=O)Nc1ccc(NC(=O)c3ccc(Cl)cc3)cc12. The minimum Gasteiger partial charge on any atom is -0.338 e. The number of hydrogen-bond acceptors (Lipinski definition) is 4. The summed E-state index contributed by atoms with van der Waals surface area (Å²) in [4.78, 5) is 25.0. The van der Waals surface area contributed by atoms with Crippen LogP contribution in [0.5, 0.6) is 0 Å². The summed E-state index contributed by atoms with van der Waals surface area (Å²) in [5, 5.41) is 6.18. The normalized spacial score (nSPS) is 19.4. The summed E-state index contributed by atoms with van der Waals surface area (Å²) in [7, 11) is 0. The number of carbonyl (C=O) groups is 2. The quantitative estimate of drug-likeness (QED) is 0.823. The summed E-state index contributed by atoms with van der Waals surface area (Å²) >= 11 is 5.86. The number of amides is 2. The van der Waals surface area contributed by atoms with Gasteiger partial charge in [-0.05, 0) is 42.5 Å². The zero-order valence-corrected chi connectivity index (χ0v) is 15.7. The molecule has 1 fully saturated rings. The second-order valence-electron chi connectivity index (χ2n) is 7.53. The molecular weight excluding hydrogens is 368 g/mol. The molecular formula is C20H19ClN2O4. The van der Waals surface area contributed by atoms with Gasteiger partial charge in [0.15, 0.2) is 0 Å². The van der Waals surface area contributed by atoms with Crippen molar-refractivity contribution in [3.05, 3.63) is 58.6 Å². The molecule has 2 N–H and O–H groups in total. The molecule has 0 aromatic heterocycles.